The summed E-state index contributed by atoms with van der Waals surface area (Å²) in [6, 6.07) is 8.61. The van der Waals surface area contributed by atoms with Gasteiger partial charge in [0.15, 0.2) is 0 Å². The summed E-state index contributed by atoms with van der Waals surface area (Å²) in [4.78, 5) is 24.2. The highest BCUT2D eigenvalue weighted by Crippen LogP contribution is 2.39. The first kappa shape index (κ1) is 15.7. The van der Waals surface area contributed by atoms with E-state index in [4.69, 9.17) is 4.74 Å². The van der Waals surface area contributed by atoms with E-state index in [0.29, 0.717) is 11.5 Å². The molecule has 0 N–H and O–H groups in total. The van der Waals surface area contributed by atoms with E-state index >= 15 is 0 Å². The number of carbonyl (C=O) groups excluding carboxylic acids is 2. The smallest absolute Gasteiger partial charge is 0.379 e. The van der Waals surface area contributed by atoms with Crippen molar-refractivity contribution in [2.45, 2.75) is 52.6 Å². The van der Waals surface area contributed by atoms with Crippen LogP contribution in [-0.2, 0) is 9.53 Å². The molecule has 1 saturated carbocycles. The SMILES string of the molecule is CC(C)(C)[C@@H]1CCCC[C@H]1OC(=O)C(=O)c1ccccc1. The third kappa shape index (κ3) is 3.93. The summed E-state index contributed by atoms with van der Waals surface area (Å²) < 4.78 is 5.56. The first-order valence-electron chi connectivity index (χ1n) is 7.70. The molecule has 0 unspecified atom stereocenters. The second kappa shape index (κ2) is 6.42. The van der Waals surface area contributed by atoms with Gasteiger partial charge in [-0.2, -0.15) is 0 Å². The van der Waals surface area contributed by atoms with Gasteiger partial charge in [0.2, 0.25) is 0 Å². The van der Waals surface area contributed by atoms with Gasteiger partial charge in [-0.05, 0) is 24.7 Å². The van der Waals surface area contributed by atoms with Gasteiger partial charge in [0.05, 0.1) is 0 Å². The maximum atomic E-state index is 12.1. The molecule has 3 nitrogen and oxygen atoms in total. The molecule has 114 valence electrons. The minimum atomic E-state index is -0.720. The van der Waals surface area contributed by atoms with Crippen LogP contribution in [0.25, 0.3) is 0 Å². The molecular formula is C18H24O3. The predicted molar refractivity (Wildman–Crippen MR) is 82.1 cm³/mol. The molecule has 0 amide bonds. The molecule has 1 aliphatic rings. The molecule has 3 heteroatoms. The van der Waals surface area contributed by atoms with Gasteiger partial charge in [0.25, 0.3) is 5.78 Å². The zero-order chi connectivity index (χ0) is 15.5. The Morgan fingerprint density at radius 3 is 2.29 bits per heavy atom. The number of ether oxygens (including phenoxy) is 1. The number of rotatable bonds is 3. The van der Waals surface area contributed by atoms with Crippen LogP contribution in [0.3, 0.4) is 0 Å². The number of Topliss-reactive ketones (excluding diaryl/α,β-unsaturated/α-hetero) is 1. The van der Waals surface area contributed by atoms with Gasteiger partial charge >= 0.3 is 5.97 Å². The molecule has 2 rings (SSSR count). The largest absolute Gasteiger partial charge is 0.456 e. The molecule has 0 saturated heterocycles. The molecule has 1 aromatic carbocycles. The molecule has 0 heterocycles. The van der Waals surface area contributed by atoms with Crippen molar-refractivity contribution in [1.29, 1.82) is 0 Å². The van der Waals surface area contributed by atoms with Gasteiger partial charge in [0.1, 0.15) is 6.10 Å². The van der Waals surface area contributed by atoms with Crippen LogP contribution in [0.1, 0.15) is 56.8 Å². The predicted octanol–water partition coefficient (Wildman–Crippen LogP) is 4.02. The molecule has 0 aliphatic heterocycles. The first-order valence-corrected chi connectivity index (χ1v) is 7.70. The molecule has 0 bridgehead atoms. The highest BCUT2D eigenvalue weighted by atomic mass is 16.5. The van der Waals surface area contributed by atoms with Crippen LogP contribution < -0.4 is 0 Å². The second-order valence-electron chi connectivity index (χ2n) is 6.90. The summed E-state index contributed by atoms with van der Waals surface area (Å²) in [6.07, 6.45) is 4.00. The van der Waals surface area contributed by atoms with Gasteiger partial charge < -0.3 is 4.74 Å². The number of hydrogen-bond donors (Lipinski definition) is 0. The zero-order valence-electron chi connectivity index (χ0n) is 13.1. The third-order valence-electron chi connectivity index (χ3n) is 4.29. The summed E-state index contributed by atoms with van der Waals surface area (Å²) in [5, 5.41) is 0. The minimum Gasteiger partial charge on any atom is -0.456 e. The maximum Gasteiger partial charge on any atom is 0.379 e. The summed E-state index contributed by atoms with van der Waals surface area (Å²) >= 11 is 0. The van der Waals surface area contributed by atoms with Crippen molar-refractivity contribution in [2.24, 2.45) is 11.3 Å². The lowest BCUT2D eigenvalue weighted by Gasteiger charge is -2.39. The molecule has 0 aromatic heterocycles. The quantitative estimate of drug-likeness (QED) is 0.479. The van der Waals surface area contributed by atoms with E-state index in [0.717, 1.165) is 19.3 Å². The maximum absolute atomic E-state index is 12.1. The summed E-state index contributed by atoms with van der Waals surface area (Å²) in [6.45, 7) is 6.51. The van der Waals surface area contributed by atoms with E-state index in [9.17, 15) is 9.59 Å². The normalized spacial score (nSPS) is 22.6. The molecule has 0 radical (unpaired) electrons. The highest BCUT2D eigenvalue weighted by Gasteiger charge is 2.37. The minimum absolute atomic E-state index is 0.0845. The van der Waals surface area contributed by atoms with E-state index in [1.54, 1.807) is 24.3 Å². The van der Waals surface area contributed by atoms with E-state index < -0.39 is 11.8 Å². The van der Waals surface area contributed by atoms with Gasteiger partial charge in [0, 0.05) is 11.5 Å². The first-order chi connectivity index (χ1) is 9.89. The zero-order valence-corrected chi connectivity index (χ0v) is 13.1. The number of benzene rings is 1. The van der Waals surface area contributed by atoms with Crippen molar-refractivity contribution >= 4 is 11.8 Å². The van der Waals surface area contributed by atoms with E-state index in [2.05, 4.69) is 20.8 Å². The fourth-order valence-electron chi connectivity index (χ4n) is 3.13. The Labute approximate surface area is 126 Å². The summed E-state index contributed by atoms with van der Waals surface area (Å²) in [5.74, 6) is -0.949. The van der Waals surface area contributed by atoms with E-state index in [1.165, 1.54) is 6.42 Å². The fourth-order valence-corrected chi connectivity index (χ4v) is 3.13. The molecule has 1 aliphatic carbocycles. The number of esters is 1. The third-order valence-corrected chi connectivity index (χ3v) is 4.29. The van der Waals surface area contributed by atoms with Crippen molar-refractivity contribution < 1.29 is 14.3 Å². The molecular weight excluding hydrogens is 264 g/mol. The number of carbonyl (C=O) groups is 2. The Balaban J connectivity index is 2.05. The van der Waals surface area contributed by atoms with Crippen molar-refractivity contribution in [3.8, 4) is 0 Å². The van der Waals surface area contributed by atoms with Crippen LogP contribution in [-0.4, -0.2) is 17.9 Å². The lowest BCUT2D eigenvalue weighted by atomic mass is 9.70. The van der Waals surface area contributed by atoms with Gasteiger partial charge in [-0.1, -0.05) is 57.5 Å². The molecule has 21 heavy (non-hydrogen) atoms. The summed E-state index contributed by atoms with van der Waals surface area (Å²) in [5.41, 5.74) is 0.479. The second-order valence-corrected chi connectivity index (χ2v) is 6.90. The van der Waals surface area contributed by atoms with E-state index in [-0.39, 0.29) is 11.5 Å². The highest BCUT2D eigenvalue weighted by molar-refractivity contribution is 6.40. The van der Waals surface area contributed by atoms with Crippen LogP contribution >= 0.6 is 0 Å². The van der Waals surface area contributed by atoms with Crippen molar-refractivity contribution in [3.63, 3.8) is 0 Å². The van der Waals surface area contributed by atoms with Crippen molar-refractivity contribution in [1.82, 2.24) is 0 Å². The molecule has 0 spiro atoms. The van der Waals surface area contributed by atoms with Gasteiger partial charge in [-0.15, -0.1) is 0 Å². The monoisotopic (exact) mass is 288 g/mol. The van der Waals surface area contributed by atoms with Crippen molar-refractivity contribution in [3.05, 3.63) is 35.9 Å². The lowest BCUT2D eigenvalue weighted by Crippen LogP contribution is -2.39. The molecule has 1 fully saturated rings. The van der Waals surface area contributed by atoms with Gasteiger partial charge in [-0.3, -0.25) is 4.79 Å². The van der Waals surface area contributed by atoms with Crippen LogP contribution in [0, 0.1) is 11.3 Å². The summed E-state index contributed by atoms with van der Waals surface area (Å²) in [7, 11) is 0. The Morgan fingerprint density at radius 1 is 1.05 bits per heavy atom. The standard InChI is InChI=1S/C18H24O3/c1-18(2,3)14-11-7-8-12-15(14)21-17(20)16(19)13-9-5-4-6-10-13/h4-6,9-10,14-15H,7-8,11-12H2,1-3H3/t14-,15-/m1/s1. The fraction of sp³-hybridized carbons (Fsp3) is 0.556. The Bertz CT molecular complexity index is 499. The molecule has 1 aromatic rings. The van der Waals surface area contributed by atoms with Crippen LogP contribution in [0.15, 0.2) is 30.3 Å². The lowest BCUT2D eigenvalue weighted by molar-refractivity contribution is -0.150. The van der Waals surface area contributed by atoms with Crippen LogP contribution in [0.5, 0.6) is 0 Å². The Hall–Kier alpha value is -1.64. The Kier molecular flexibility index (Phi) is 4.81. The average molecular weight is 288 g/mol. The van der Waals surface area contributed by atoms with Gasteiger partial charge in [-0.25, -0.2) is 4.79 Å². The number of hydrogen-bond acceptors (Lipinski definition) is 3. The molecule has 2 atom stereocenters. The van der Waals surface area contributed by atoms with Crippen molar-refractivity contribution in [2.75, 3.05) is 0 Å². The van der Waals surface area contributed by atoms with E-state index in [1.807, 2.05) is 6.07 Å². The van der Waals surface area contributed by atoms with Crippen LogP contribution in [0.4, 0.5) is 0 Å². The average Bonchev–Trinajstić information content (AvgIpc) is 2.47. The topological polar surface area (TPSA) is 43.4 Å². The van der Waals surface area contributed by atoms with Crippen LogP contribution in [0.2, 0.25) is 0 Å². The number of ketones is 1. The Morgan fingerprint density at radius 2 is 1.67 bits per heavy atom.